The second-order valence-electron chi connectivity index (χ2n) is 9.36. The average Bonchev–Trinajstić information content (AvgIpc) is 3.41. The molecule has 1 aliphatic heterocycles. The molecular weight excluding hydrogens is 507 g/mol. The first-order valence-corrected chi connectivity index (χ1v) is 12.7. The van der Waals surface area contributed by atoms with Crippen LogP contribution in [0.1, 0.15) is 29.4 Å². The number of aryl methyl sites for hydroxylation is 2. The van der Waals surface area contributed by atoms with Gasteiger partial charge in [0.25, 0.3) is 0 Å². The lowest BCUT2D eigenvalue weighted by Crippen LogP contribution is -2.54. The van der Waals surface area contributed by atoms with Gasteiger partial charge in [0.15, 0.2) is 0 Å². The molecule has 1 amide bonds. The molecule has 200 valence electrons. The van der Waals surface area contributed by atoms with E-state index in [1.165, 1.54) is 12.4 Å². The summed E-state index contributed by atoms with van der Waals surface area (Å²) in [6, 6.07) is -0.222. The van der Waals surface area contributed by atoms with Crippen LogP contribution in [-0.4, -0.2) is 91.7 Å². The summed E-state index contributed by atoms with van der Waals surface area (Å²) in [5, 5.41) is 3.73. The molecule has 0 aromatic carbocycles. The molecule has 0 saturated carbocycles. The lowest BCUT2D eigenvalue weighted by Gasteiger charge is -2.40. The Balaban J connectivity index is 1.53. The van der Waals surface area contributed by atoms with E-state index in [4.69, 9.17) is 0 Å². The van der Waals surface area contributed by atoms with Gasteiger partial charge in [0.1, 0.15) is 34.7 Å². The standard InChI is InChI=1S/C23H30F3N9OS/c1-14-12-33(8-9-34(14)19(36)13-35-16(3)29-15(2)31-35)21-20(30-22(37-21)23(24,25)26)17-10-27-18(28-11-17)6-7-32(4)5/h10-11,14H,6-9,12-13H2,1-5H3. The number of halogens is 3. The van der Waals surface area contributed by atoms with E-state index in [9.17, 15) is 18.0 Å². The zero-order valence-corrected chi connectivity index (χ0v) is 22.3. The molecule has 10 nitrogen and oxygen atoms in total. The summed E-state index contributed by atoms with van der Waals surface area (Å²) >= 11 is 0.607. The van der Waals surface area contributed by atoms with Crippen LogP contribution in [0.25, 0.3) is 11.3 Å². The number of hydrogen-bond donors (Lipinski definition) is 0. The first kappa shape index (κ1) is 26.9. The fourth-order valence-corrected chi connectivity index (χ4v) is 5.20. The van der Waals surface area contributed by atoms with Crippen LogP contribution in [0.5, 0.6) is 0 Å². The van der Waals surface area contributed by atoms with Crippen LogP contribution in [0.3, 0.4) is 0 Å². The number of likely N-dealkylation sites (N-methyl/N-ethyl adjacent to an activating group) is 1. The van der Waals surface area contributed by atoms with Gasteiger partial charge >= 0.3 is 6.18 Å². The summed E-state index contributed by atoms with van der Waals surface area (Å²) in [6.45, 7) is 7.38. The highest BCUT2D eigenvalue weighted by Crippen LogP contribution is 2.42. The molecule has 0 N–H and O–H groups in total. The third-order valence-electron chi connectivity index (χ3n) is 6.10. The van der Waals surface area contributed by atoms with E-state index in [1.807, 2.05) is 30.8 Å². The molecule has 1 saturated heterocycles. The van der Waals surface area contributed by atoms with Crippen LogP contribution < -0.4 is 4.90 Å². The van der Waals surface area contributed by atoms with E-state index in [2.05, 4.69) is 25.0 Å². The van der Waals surface area contributed by atoms with Crippen LogP contribution in [0.2, 0.25) is 0 Å². The van der Waals surface area contributed by atoms with E-state index in [0.717, 1.165) is 6.54 Å². The lowest BCUT2D eigenvalue weighted by molar-refractivity contribution is -0.137. The molecule has 0 aliphatic carbocycles. The molecule has 1 aliphatic rings. The van der Waals surface area contributed by atoms with Gasteiger partial charge in [-0.2, -0.15) is 18.3 Å². The number of anilines is 1. The quantitative estimate of drug-likeness (QED) is 0.454. The largest absolute Gasteiger partial charge is 0.443 e. The molecule has 0 bridgehead atoms. The normalized spacial score (nSPS) is 16.6. The second-order valence-corrected chi connectivity index (χ2v) is 10.3. The Morgan fingerprint density at radius 1 is 1.16 bits per heavy atom. The van der Waals surface area contributed by atoms with Crippen LogP contribution in [0, 0.1) is 13.8 Å². The zero-order valence-electron chi connectivity index (χ0n) is 21.5. The smallest absolute Gasteiger partial charge is 0.358 e. The minimum absolute atomic E-state index is 0.0680. The summed E-state index contributed by atoms with van der Waals surface area (Å²) in [5.41, 5.74) is 0.635. The topological polar surface area (TPSA) is 96.2 Å². The molecule has 0 radical (unpaired) electrons. The van der Waals surface area contributed by atoms with E-state index in [-0.39, 0.29) is 24.2 Å². The predicted molar refractivity (Wildman–Crippen MR) is 133 cm³/mol. The summed E-state index contributed by atoms with van der Waals surface area (Å²) < 4.78 is 42.4. The maximum Gasteiger partial charge on any atom is 0.443 e. The first-order chi connectivity index (χ1) is 17.4. The van der Waals surface area contributed by atoms with E-state index >= 15 is 0 Å². The van der Waals surface area contributed by atoms with Gasteiger partial charge in [-0.05, 0) is 34.9 Å². The molecule has 1 fully saturated rings. The van der Waals surface area contributed by atoms with Crippen molar-refractivity contribution in [2.24, 2.45) is 0 Å². The number of rotatable bonds is 7. The number of hydrogen-bond acceptors (Lipinski definition) is 9. The van der Waals surface area contributed by atoms with Gasteiger partial charge in [-0.3, -0.25) is 4.79 Å². The molecule has 1 atom stereocenters. The maximum absolute atomic E-state index is 13.6. The van der Waals surface area contributed by atoms with Crippen LogP contribution in [0.15, 0.2) is 12.4 Å². The van der Waals surface area contributed by atoms with Crippen molar-refractivity contribution in [2.45, 2.75) is 46.0 Å². The molecule has 14 heteroatoms. The van der Waals surface area contributed by atoms with E-state index in [1.54, 1.807) is 23.4 Å². The van der Waals surface area contributed by atoms with E-state index < -0.39 is 11.2 Å². The Hall–Kier alpha value is -3.13. The van der Waals surface area contributed by atoms with E-state index in [0.29, 0.717) is 65.4 Å². The Morgan fingerprint density at radius 2 is 1.86 bits per heavy atom. The highest BCUT2D eigenvalue weighted by Gasteiger charge is 2.38. The van der Waals surface area contributed by atoms with Crippen molar-refractivity contribution in [3.8, 4) is 11.3 Å². The second kappa shape index (κ2) is 10.7. The number of nitrogens with zero attached hydrogens (tertiary/aromatic N) is 9. The highest BCUT2D eigenvalue weighted by atomic mass is 32.1. The van der Waals surface area contributed by atoms with Crippen molar-refractivity contribution in [3.05, 3.63) is 34.9 Å². The van der Waals surface area contributed by atoms with Gasteiger partial charge < -0.3 is 14.7 Å². The summed E-state index contributed by atoms with van der Waals surface area (Å²) in [6.07, 6.45) is -0.877. The van der Waals surface area contributed by atoms with Gasteiger partial charge in [0.2, 0.25) is 10.9 Å². The minimum Gasteiger partial charge on any atom is -0.358 e. The SMILES string of the molecule is Cc1nc(C)n(CC(=O)N2CCN(c3sc(C(F)(F)F)nc3-c3cnc(CCN(C)C)nc3)CC2C)n1. The first-order valence-electron chi connectivity index (χ1n) is 11.9. The van der Waals surface area contributed by atoms with Crippen LogP contribution in [-0.2, 0) is 23.9 Å². The Labute approximate surface area is 217 Å². The van der Waals surface area contributed by atoms with Crippen molar-refractivity contribution in [1.82, 2.24) is 39.5 Å². The molecule has 4 heterocycles. The third kappa shape index (κ3) is 6.24. The Kier molecular flexibility index (Phi) is 7.78. The van der Waals surface area contributed by atoms with Crippen molar-refractivity contribution in [3.63, 3.8) is 0 Å². The molecule has 1 unspecified atom stereocenters. The average molecular weight is 538 g/mol. The lowest BCUT2D eigenvalue weighted by atomic mass is 10.1. The number of alkyl halides is 3. The van der Waals surface area contributed by atoms with Crippen molar-refractivity contribution >= 4 is 22.2 Å². The van der Waals surface area contributed by atoms with Gasteiger partial charge in [0, 0.05) is 56.6 Å². The van der Waals surface area contributed by atoms with Gasteiger partial charge in [0.05, 0.1) is 0 Å². The van der Waals surface area contributed by atoms with Crippen molar-refractivity contribution in [2.75, 3.05) is 45.2 Å². The fourth-order valence-electron chi connectivity index (χ4n) is 4.21. The predicted octanol–water partition coefficient (Wildman–Crippen LogP) is 2.67. The van der Waals surface area contributed by atoms with Crippen molar-refractivity contribution < 1.29 is 18.0 Å². The number of thiazole rings is 1. The number of piperazine rings is 1. The van der Waals surface area contributed by atoms with Crippen molar-refractivity contribution in [1.29, 1.82) is 0 Å². The van der Waals surface area contributed by atoms with Gasteiger partial charge in [-0.25, -0.2) is 24.6 Å². The molecule has 3 aromatic rings. The third-order valence-corrected chi connectivity index (χ3v) is 7.26. The maximum atomic E-state index is 13.6. The number of aromatic nitrogens is 6. The number of carbonyl (C=O) groups is 1. The van der Waals surface area contributed by atoms with Crippen LogP contribution >= 0.6 is 11.3 Å². The Bertz CT molecular complexity index is 1240. The molecule has 3 aromatic heterocycles. The summed E-state index contributed by atoms with van der Waals surface area (Å²) in [5.74, 6) is 1.75. The summed E-state index contributed by atoms with van der Waals surface area (Å²) in [4.78, 5) is 35.4. The number of carbonyl (C=O) groups excluding carboxylic acids is 1. The molecule has 0 spiro atoms. The summed E-state index contributed by atoms with van der Waals surface area (Å²) in [7, 11) is 3.89. The highest BCUT2D eigenvalue weighted by molar-refractivity contribution is 7.16. The van der Waals surface area contributed by atoms with Crippen LogP contribution in [0.4, 0.5) is 18.2 Å². The molecule has 4 rings (SSSR count). The molecule has 37 heavy (non-hydrogen) atoms. The number of amides is 1. The monoisotopic (exact) mass is 537 g/mol. The minimum atomic E-state index is -4.57. The Morgan fingerprint density at radius 3 is 2.43 bits per heavy atom. The fraction of sp³-hybridized carbons (Fsp3) is 0.565. The zero-order chi connectivity index (χ0) is 26.9. The van der Waals surface area contributed by atoms with Gasteiger partial charge in [-0.1, -0.05) is 11.3 Å². The van der Waals surface area contributed by atoms with Gasteiger partial charge in [-0.15, -0.1) is 0 Å². The molecular formula is C23H30F3N9OS.